The number of aromatic nitrogens is 1. The highest BCUT2D eigenvalue weighted by Crippen LogP contribution is 2.32. The molecule has 0 saturated heterocycles. The smallest absolute Gasteiger partial charge is 0.337 e. The van der Waals surface area contributed by atoms with Gasteiger partial charge in [-0.15, -0.1) is 0 Å². The van der Waals surface area contributed by atoms with Gasteiger partial charge >= 0.3 is 5.97 Å². The minimum atomic E-state index is -1.08. The van der Waals surface area contributed by atoms with Crippen molar-refractivity contribution >= 4 is 17.6 Å². The lowest BCUT2D eigenvalue weighted by Crippen LogP contribution is -2.34. The molecule has 0 spiro atoms. The third kappa shape index (κ3) is 3.54. The summed E-state index contributed by atoms with van der Waals surface area (Å²) in [5.41, 5.74) is 0.292. The molecule has 1 fully saturated rings. The minimum Gasteiger partial charge on any atom is -0.478 e. The van der Waals surface area contributed by atoms with E-state index in [2.05, 4.69) is 10.3 Å². The standard InChI is InChI=1S/C14H18N2O4/c1-2-20-10-5-9(6-10)7-13(17)16-12-8-15-4-3-11(12)14(18)19/h3-4,8-10H,2,5-7H2,1H3,(H,16,17)(H,18,19). The van der Waals surface area contributed by atoms with Gasteiger partial charge in [-0.3, -0.25) is 9.78 Å². The van der Waals surface area contributed by atoms with Crippen molar-refractivity contribution in [2.24, 2.45) is 5.92 Å². The fraction of sp³-hybridized carbons (Fsp3) is 0.500. The summed E-state index contributed by atoms with van der Waals surface area (Å²) in [6, 6.07) is 1.37. The zero-order valence-electron chi connectivity index (χ0n) is 11.3. The van der Waals surface area contributed by atoms with Crippen LogP contribution < -0.4 is 5.32 Å². The second-order valence-electron chi connectivity index (χ2n) is 4.89. The summed E-state index contributed by atoms with van der Waals surface area (Å²) in [5.74, 6) is -0.945. The predicted octanol–water partition coefficient (Wildman–Crippen LogP) is 1.92. The maximum absolute atomic E-state index is 11.9. The molecule has 1 aromatic rings. The number of carboxylic acid groups (broad SMARTS) is 1. The largest absolute Gasteiger partial charge is 0.478 e. The van der Waals surface area contributed by atoms with Crippen molar-refractivity contribution < 1.29 is 19.4 Å². The van der Waals surface area contributed by atoms with Crippen LogP contribution >= 0.6 is 0 Å². The van der Waals surface area contributed by atoms with E-state index < -0.39 is 5.97 Å². The second-order valence-corrected chi connectivity index (χ2v) is 4.89. The van der Waals surface area contributed by atoms with E-state index in [9.17, 15) is 9.59 Å². The molecule has 0 atom stereocenters. The first kappa shape index (κ1) is 14.5. The number of carbonyl (C=O) groups excluding carboxylic acids is 1. The Labute approximate surface area is 117 Å². The quantitative estimate of drug-likeness (QED) is 0.830. The molecule has 0 bridgehead atoms. The van der Waals surface area contributed by atoms with Crippen molar-refractivity contribution in [3.8, 4) is 0 Å². The van der Waals surface area contributed by atoms with Crippen LogP contribution in [-0.4, -0.2) is 34.7 Å². The summed E-state index contributed by atoms with van der Waals surface area (Å²) in [6.07, 6.45) is 5.17. The molecule has 2 rings (SSSR count). The molecule has 1 aliphatic carbocycles. The highest BCUT2D eigenvalue weighted by Gasteiger charge is 2.31. The number of aromatic carboxylic acids is 1. The van der Waals surface area contributed by atoms with Crippen molar-refractivity contribution in [1.82, 2.24) is 4.98 Å². The van der Waals surface area contributed by atoms with E-state index in [0.29, 0.717) is 18.9 Å². The van der Waals surface area contributed by atoms with Gasteiger partial charge in [-0.1, -0.05) is 0 Å². The van der Waals surface area contributed by atoms with Gasteiger partial charge < -0.3 is 15.2 Å². The van der Waals surface area contributed by atoms with E-state index >= 15 is 0 Å². The number of ether oxygens (including phenoxy) is 1. The van der Waals surface area contributed by atoms with Gasteiger partial charge in [-0.05, 0) is 31.7 Å². The predicted molar refractivity (Wildman–Crippen MR) is 72.6 cm³/mol. The van der Waals surface area contributed by atoms with Crippen LogP contribution in [0.3, 0.4) is 0 Å². The van der Waals surface area contributed by atoms with Crippen LogP contribution in [0.5, 0.6) is 0 Å². The van der Waals surface area contributed by atoms with Gasteiger partial charge in [0.1, 0.15) is 0 Å². The molecule has 0 aromatic carbocycles. The number of hydrogen-bond acceptors (Lipinski definition) is 4. The molecule has 6 heteroatoms. The summed E-state index contributed by atoms with van der Waals surface area (Å²) in [6.45, 7) is 2.65. The first-order valence-electron chi connectivity index (χ1n) is 6.69. The Morgan fingerprint density at radius 1 is 1.50 bits per heavy atom. The van der Waals surface area contributed by atoms with Gasteiger partial charge in [0.25, 0.3) is 0 Å². The molecular formula is C14H18N2O4. The Morgan fingerprint density at radius 3 is 2.90 bits per heavy atom. The third-order valence-corrected chi connectivity index (χ3v) is 3.39. The first-order valence-corrected chi connectivity index (χ1v) is 6.69. The number of carboxylic acids is 1. The van der Waals surface area contributed by atoms with Crippen molar-refractivity contribution in [3.63, 3.8) is 0 Å². The molecule has 1 aliphatic rings. The van der Waals surface area contributed by atoms with Crippen molar-refractivity contribution in [2.45, 2.75) is 32.3 Å². The Bertz CT molecular complexity index is 498. The van der Waals surface area contributed by atoms with Gasteiger partial charge in [-0.2, -0.15) is 0 Å². The molecule has 1 aromatic heterocycles. The zero-order valence-corrected chi connectivity index (χ0v) is 11.3. The number of pyridine rings is 1. The zero-order chi connectivity index (χ0) is 14.5. The number of anilines is 1. The van der Waals surface area contributed by atoms with Crippen LogP contribution in [0, 0.1) is 5.92 Å². The van der Waals surface area contributed by atoms with Crippen LogP contribution in [-0.2, 0) is 9.53 Å². The van der Waals surface area contributed by atoms with Gasteiger partial charge in [0.2, 0.25) is 5.91 Å². The summed E-state index contributed by atoms with van der Waals surface area (Å²) >= 11 is 0. The maximum atomic E-state index is 11.9. The van der Waals surface area contributed by atoms with Crippen LogP contribution in [0.2, 0.25) is 0 Å². The molecule has 1 saturated carbocycles. The van der Waals surface area contributed by atoms with Crippen LogP contribution in [0.4, 0.5) is 5.69 Å². The average Bonchev–Trinajstić information content (AvgIpc) is 2.36. The monoisotopic (exact) mass is 278 g/mol. The summed E-state index contributed by atoms with van der Waals surface area (Å²) in [4.78, 5) is 26.7. The number of hydrogen-bond donors (Lipinski definition) is 2. The van der Waals surface area contributed by atoms with Gasteiger partial charge in [0.05, 0.1) is 23.6 Å². The lowest BCUT2D eigenvalue weighted by molar-refractivity contribution is -0.119. The van der Waals surface area contributed by atoms with E-state index in [1.165, 1.54) is 18.5 Å². The van der Waals surface area contributed by atoms with Gasteiger partial charge in [0.15, 0.2) is 0 Å². The van der Waals surface area contributed by atoms with E-state index in [0.717, 1.165) is 12.8 Å². The Morgan fingerprint density at radius 2 is 2.25 bits per heavy atom. The van der Waals surface area contributed by atoms with E-state index in [-0.39, 0.29) is 23.3 Å². The average molecular weight is 278 g/mol. The number of nitrogens with zero attached hydrogens (tertiary/aromatic N) is 1. The lowest BCUT2D eigenvalue weighted by Gasteiger charge is -2.34. The normalized spacial score (nSPS) is 21.1. The molecule has 2 N–H and O–H groups in total. The highest BCUT2D eigenvalue weighted by molar-refractivity contribution is 6.00. The number of amides is 1. The van der Waals surface area contributed by atoms with Crippen molar-refractivity contribution in [1.29, 1.82) is 0 Å². The number of carbonyl (C=O) groups is 2. The molecular weight excluding hydrogens is 260 g/mol. The first-order chi connectivity index (χ1) is 9.60. The Hall–Kier alpha value is -1.95. The fourth-order valence-electron chi connectivity index (χ4n) is 2.36. The second kappa shape index (κ2) is 6.47. The number of nitrogens with one attached hydrogen (secondary N) is 1. The van der Waals surface area contributed by atoms with Crippen molar-refractivity contribution in [2.75, 3.05) is 11.9 Å². The fourth-order valence-corrected chi connectivity index (χ4v) is 2.36. The summed E-state index contributed by atoms with van der Waals surface area (Å²) in [5, 5.41) is 11.6. The van der Waals surface area contributed by atoms with Gasteiger partial charge in [0, 0.05) is 19.2 Å². The molecule has 0 aliphatic heterocycles. The Kier molecular flexibility index (Phi) is 4.68. The highest BCUT2D eigenvalue weighted by atomic mass is 16.5. The molecule has 0 unspecified atom stereocenters. The molecule has 20 heavy (non-hydrogen) atoms. The lowest BCUT2D eigenvalue weighted by atomic mass is 9.80. The van der Waals surface area contributed by atoms with Crippen molar-refractivity contribution in [3.05, 3.63) is 24.0 Å². The van der Waals surface area contributed by atoms with E-state index in [1.54, 1.807) is 0 Å². The Balaban J connectivity index is 1.85. The molecule has 1 amide bonds. The van der Waals surface area contributed by atoms with E-state index in [4.69, 9.17) is 9.84 Å². The minimum absolute atomic E-state index is 0.0501. The van der Waals surface area contributed by atoms with Crippen LogP contribution in [0.1, 0.15) is 36.5 Å². The van der Waals surface area contributed by atoms with Crippen LogP contribution in [0.25, 0.3) is 0 Å². The van der Waals surface area contributed by atoms with Crippen LogP contribution in [0.15, 0.2) is 18.5 Å². The molecule has 1 heterocycles. The summed E-state index contributed by atoms with van der Waals surface area (Å²) < 4.78 is 5.44. The number of rotatable bonds is 6. The third-order valence-electron chi connectivity index (χ3n) is 3.39. The van der Waals surface area contributed by atoms with Gasteiger partial charge in [-0.25, -0.2) is 4.79 Å². The summed E-state index contributed by atoms with van der Waals surface area (Å²) in [7, 11) is 0. The maximum Gasteiger partial charge on any atom is 0.337 e. The SMILES string of the molecule is CCOC1CC(CC(=O)Nc2cnccc2C(=O)O)C1. The topological polar surface area (TPSA) is 88.5 Å². The molecule has 6 nitrogen and oxygen atoms in total. The molecule has 108 valence electrons. The van der Waals surface area contributed by atoms with E-state index in [1.807, 2.05) is 6.92 Å². The molecule has 0 radical (unpaired) electrons.